The molecule has 2 aromatic rings. The first-order valence-electron chi connectivity index (χ1n) is 8.08. The molecule has 0 saturated carbocycles. The molecule has 0 aromatic heterocycles. The van der Waals surface area contributed by atoms with Gasteiger partial charge in [0.1, 0.15) is 5.75 Å². The summed E-state index contributed by atoms with van der Waals surface area (Å²) in [6.07, 6.45) is 1.53. The van der Waals surface area contributed by atoms with Crippen molar-refractivity contribution in [3.05, 3.63) is 65.8 Å². The number of hydrogen-bond donors (Lipinski definition) is 1. The van der Waals surface area contributed by atoms with Crippen LogP contribution in [0.25, 0.3) is 6.08 Å². The lowest BCUT2D eigenvalue weighted by Crippen LogP contribution is -2.27. The van der Waals surface area contributed by atoms with Crippen LogP contribution in [0.2, 0.25) is 0 Å². The van der Waals surface area contributed by atoms with Crippen molar-refractivity contribution in [2.45, 2.75) is 6.54 Å². The van der Waals surface area contributed by atoms with E-state index in [1.807, 2.05) is 24.3 Å². The number of hydrogen-bond acceptors (Lipinski definition) is 5. The van der Waals surface area contributed by atoms with Crippen molar-refractivity contribution in [2.75, 3.05) is 6.61 Å². The first-order valence-corrected chi connectivity index (χ1v) is 11.3. The van der Waals surface area contributed by atoms with Crippen LogP contribution in [0.3, 0.4) is 0 Å². The first kappa shape index (κ1) is 22.1. The molecule has 0 bridgehead atoms. The van der Waals surface area contributed by atoms with Crippen molar-refractivity contribution >= 4 is 82.7 Å². The highest BCUT2D eigenvalue weighted by Crippen LogP contribution is 2.38. The Kier molecular flexibility index (Phi) is 7.20. The number of carboxylic acid groups (broad SMARTS) is 1. The van der Waals surface area contributed by atoms with Crippen LogP contribution >= 0.6 is 59.6 Å². The summed E-state index contributed by atoms with van der Waals surface area (Å²) in [4.78, 5) is 37.4. The summed E-state index contributed by atoms with van der Waals surface area (Å²) < 4.78 is 7.48. The standard InChI is InChI=1S/C19H12Br3NO5S/c20-12-3-1-10(2-4-12)8-23-18(26)15(29-19(23)27)6-11-5-13(21)7-14(22)17(11)28-9-16(24)25/h1-7H,8-9H2,(H,24,25)/b15-6-. The molecule has 1 heterocycles. The van der Waals surface area contributed by atoms with Gasteiger partial charge >= 0.3 is 5.97 Å². The molecule has 1 saturated heterocycles. The van der Waals surface area contributed by atoms with Gasteiger partial charge in [-0.25, -0.2) is 4.79 Å². The number of aliphatic carboxylic acids is 1. The van der Waals surface area contributed by atoms with E-state index in [-0.39, 0.29) is 22.4 Å². The maximum atomic E-state index is 12.8. The van der Waals surface area contributed by atoms with E-state index < -0.39 is 18.5 Å². The van der Waals surface area contributed by atoms with Crippen LogP contribution in [-0.4, -0.2) is 33.7 Å². The van der Waals surface area contributed by atoms with Crippen molar-refractivity contribution in [1.29, 1.82) is 0 Å². The summed E-state index contributed by atoms with van der Waals surface area (Å²) in [7, 11) is 0. The summed E-state index contributed by atoms with van der Waals surface area (Å²) in [5.74, 6) is -1.26. The zero-order valence-electron chi connectivity index (χ0n) is 14.5. The van der Waals surface area contributed by atoms with Crippen molar-refractivity contribution in [3.8, 4) is 5.75 Å². The molecule has 150 valence electrons. The lowest BCUT2D eigenvalue weighted by Gasteiger charge is -2.13. The topological polar surface area (TPSA) is 83.9 Å². The van der Waals surface area contributed by atoms with E-state index in [1.165, 1.54) is 11.0 Å². The maximum absolute atomic E-state index is 12.8. The highest BCUT2D eigenvalue weighted by molar-refractivity contribution is 9.11. The highest BCUT2D eigenvalue weighted by atomic mass is 79.9. The Morgan fingerprint density at radius 2 is 1.79 bits per heavy atom. The zero-order chi connectivity index (χ0) is 21.1. The average Bonchev–Trinajstić information content (AvgIpc) is 2.90. The van der Waals surface area contributed by atoms with Gasteiger partial charge in [0.2, 0.25) is 0 Å². The first-order chi connectivity index (χ1) is 13.7. The number of carbonyl (C=O) groups is 3. The van der Waals surface area contributed by atoms with Gasteiger partial charge in [-0.15, -0.1) is 0 Å². The van der Waals surface area contributed by atoms with E-state index in [0.29, 0.717) is 14.5 Å². The minimum Gasteiger partial charge on any atom is -0.480 e. The van der Waals surface area contributed by atoms with Crippen LogP contribution in [0.5, 0.6) is 5.75 Å². The van der Waals surface area contributed by atoms with E-state index in [1.54, 1.807) is 12.1 Å². The van der Waals surface area contributed by atoms with Gasteiger partial charge in [0.05, 0.1) is 15.9 Å². The van der Waals surface area contributed by atoms with Gasteiger partial charge in [0, 0.05) is 14.5 Å². The Balaban J connectivity index is 1.89. The minimum atomic E-state index is -1.12. The fourth-order valence-corrected chi connectivity index (χ4v) is 4.99. The Morgan fingerprint density at radius 1 is 1.10 bits per heavy atom. The molecule has 1 aliphatic rings. The van der Waals surface area contributed by atoms with Gasteiger partial charge < -0.3 is 9.84 Å². The Labute approximate surface area is 195 Å². The van der Waals surface area contributed by atoms with E-state index in [0.717, 1.165) is 21.8 Å². The largest absolute Gasteiger partial charge is 0.480 e. The minimum absolute atomic E-state index is 0.167. The third kappa shape index (κ3) is 5.50. The fraction of sp³-hybridized carbons (Fsp3) is 0.105. The summed E-state index contributed by atoms with van der Waals surface area (Å²) in [6.45, 7) is -0.369. The molecular weight excluding hydrogens is 594 g/mol. The molecule has 0 radical (unpaired) electrons. The van der Waals surface area contributed by atoms with Crippen LogP contribution in [0.4, 0.5) is 4.79 Å². The summed E-state index contributed by atoms with van der Waals surface area (Å²) in [6, 6.07) is 10.7. The number of halogens is 3. The second-order valence-electron chi connectivity index (χ2n) is 5.88. The molecule has 3 rings (SSSR count). The molecule has 2 aromatic carbocycles. The zero-order valence-corrected chi connectivity index (χ0v) is 20.1. The third-order valence-electron chi connectivity index (χ3n) is 3.79. The Hall–Kier alpha value is -1.62. The van der Waals surface area contributed by atoms with Crippen LogP contribution in [0.15, 0.2) is 54.7 Å². The van der Waals surface area contributed by atoms with Crippen molar-refractivity contribution in [1.82, 2.24) is 4.90 Å². The fourth-order valence-electron chi connectivity index (χ4n) is 2.52. The van der Waals surface area contributed by atoms with E-state index in [2.05, 4.69) is 47.8 Å². The predicted molar refractivity (Wildman–Crippen MR) is 121 cm³/mol. The molecule has 2 amide bonds. The van der Waals surface area contributed by atoms with Gasteiger partial charge in [0.15, 0.2) is 6.61 Å². The lowest BCUT2D eigenvalue weighted by molar-refractivity contribution is -0.139. The molecule has 1 N–H and O–H groups in total. The summed E-state index contributed by atoms with van der Waals surface area (Å²) in [5, 5.41) is 8.52. The van der Waals surface area contributed by atoms with Crippen LogP contribution in [-0.2, 0) is 16.1 Å². The van der Waals surface area contributed by atoms with Crippen LogP contribution in [0, 0.1) is 0 Å². The van der Waals surface area contributed by atoms with Crippen LogP contribution < -0.4 is 4.74 Å². The number of imide groups is 1. The number of carbonyl (C=O) groups excluding carboxylic acids is 2. The van der Waals surface area contributed by atoms with E-state index >= 15 is 0 Å². The van der Waals surface area contributed by atoms with Crippen LogP contribution in [0.1, 0.15) is 11.1 Å². The number of nitrogens with zero attached hydrogens (tertiary/aromatic N) is 1. The second-order valence-corrected chi connectivity index (χ2v) is 9.56. The van der Waals surface area contributed by atoms with Gasteiger partial charge in [0.25, 0.3) is 11.1 Å². The number of ether oxygens (including phenoxy) is 1. The summed E-state index contributed by atoms with van der Waals surface area (Å²) >= 11 is 10.9. The Morgan fingerprint density at radius 3 is 2.45 bits per heavy atom. The molecule has 10 heteroatoms. The molecule has 0 spiro atoms. The molecule has 29 heavy (non-hydrogen) atoms. The van der Waals surface area contributed by atoms with Gasteiger partial charge in [-0.2, -0.15) is 0 Å². The average molecular weight is 606 g/mol. The van der Waals surface area contributed by atoms with Gasteiger partial charge in [-0.05, 0) is 63.6 Å². The molecule has 1 aliphatic heterocycles. The molecule has 0 atom stereocenters. The number of thioether (sulfide) groups is 1. The molecule has 6 nitrogen and oxygen atoms in total. The lowest BCUT2D eigenvalue weighted by atomic mass is 10.1. The summed E-state index contributed by atoms with van der Waals surface area (Å²) in [5.41, 5.74) is 1.30. The van der Waals surface area contributed by atoms with E-state index in [9.17, 15) is 14.4 Å². The maximum Gasteiger partial charge on any atom is 0.341 e. The van der Waals surface area contributed by atoms with Crippen molar-refractivity contribution in [3.63, 3.8) is 0 Å². The molecule has 0 aliphatic carbocycles. The number of carboxylic acids is 1. The molecule has 0 unspecified atom stereocenters. The van der Waals surface area contributed by atoms with Crippen molar-refractivity contribution in [2.24, 2.45) is 0 Å². The normalized spacial score (nSPS) is 15.3. The number of rotatable bonds is 6. The van der Waals surface area contributed by atoms with Gasteiger partial charge in [-0.3, -0.25) is 14.5 Å². The second kappa shape index (κ2) is 9.46. The number of benzene rings is 2. The Bertz CT molecular complexity index is 1020. The molecule has 1 fully saturated rings. The van der Waals surface area contributed by atoms with E-state index in [4.69, 9.17) is 9.84 Å². The third-order valence-corrected chi connectivity index (χ3v) is 6.27. The highest BCUT2D eigenvalue weighted by Gasteiger charge is 2.35. The number of amides is 2. The quantitative estimate of drug-likeness (QED) is 0.427. The van der Waals surface area contributed by atoms with Crippen molar-refractivity contribution < 1.29 is 24.2 Å². The smallest absolute Gasteiger partial charge is 0.341 e. The predicted octanol–water partition coefficient (Wildman–Crippen LogP) is 5.67. The van der Waals surface area contributed by atoms with Gasteiger partial charge in [-0.1, -0.05) is 44.0 Å². The SMILES string of the molecule is O=C(O)COc1c(Br)cc(Br)cc1/C=C1\SC(=O)N(Cc2ccc(Br)cc2)C1=O. The monoisotopic (exact) mass is 603 g/mol. The molecular formula is C19H12Br3NO5S.